The molecule has 4 heteroatoms. The highest BCUT2D eigenvalue weighted by Crippen LogP contribution is 2.31. The number of hydrogen-bond donors (Lipinski definition) is 1. The first kappa shape index (κ1) is 13.2. The van der Waals surface area contributed by atoms with Crippen LogP contribution in [0.3, 0.4) is 0 Å². The fraction of sp³-hybridized carbons (Fsp3) is 0.400. The number of benzene rings is 1. The van der Waals surface area contributed by atoms with Crippen molar-refractivity contribution >= 4 is 23.1 Å². The molecule has 0 saturated heterocycles. The van der Waals surface area contributed by atoms with Crippen molar-refractivity contribution in [1.82, 2.24) is 10.3 Å². The lowest BCUT2D eigenvalue weighted by Crippen LogP contribution is -2.15. The molecule has 2 nitrogen and oxygen atoms in total. The van der Waals surface area contributed by atoms with E-state index in [4.69, 9.17) is 0 Å². The Bertz CT molecular complexity index is 573. The number of nitrogens with zero attached hydrogens (tertiary/aromatic N) is 1. The molecule has 0 bridgehead atoms. The number of thiazole rings is 1. The normalized spacial score (nSPS) is 14.8. The molecule has 1 heterocycles. The Morgan fingerprint density at radius 1 is 1.37 bits per heavy atom. The number of hydrogen-bond acceptors (Lipinski definition) is 4. The van der Waals surface area contributed by atoms with Gasteiger partial charge in [-0.3, -0.25) is 0 Å². The first-order valence-electron chi connectivity index (χ1n) is 6.63. The van der Waals surface area contributed by atoms with E-state index < -0.39 is 0 Å². The summed E-state index contributed by atoms with van der Waals surface area (Å²) in [7, 11) is 0. The molecule has 19 heavy (non-hydrogen) atoms. The Balaban J connectivity index is 1.67. The Labute approximate surface area is 122 Å². The lowest BCUT2D eigenvalue weighted by Gasteiger charge is -2.08. The molecule has 1 aliphatic carbocycles. The molecule has 2 aromatic rings. The van der Waals surface area contributed by atoms with Gasteiger partial charge in [0.05, 0.1) is 0 Å². The van der Waals surface area contributed by atoms with Gasteiger partial charge in [0.15, 0.2) is 4.34 Å². The molecule has 0 atom stereocenters. The van der Waals surface area contributed by atoms with Crippen LogP contribution in [0.15, 0.2) is 32.8 Å². The minimum absolute atomic E-state index is 0.770. The van der Waals surface area contributed by atoms with Crippen LogP contribution in [0.25, 0.3) is 0 Å². The number of aryl methyl sites for hydroxylation is 2. The smallest absolute Gasteiger partial charge is 0.154 e. The highest BCUT2D eigenvalue weighted by Gasteiger charge is 2.20. The molecule has 1 aromatic heterocycles. The van der Waals surface area contributed by atoms with Crippen LogP contribution >= 0.6 is 23.1 Å². The van der Waals surface area contributed by atoms with Gasteiger partial charge in [-0.15, -0.1) is 11.3 Å². The number of aromatic nitrogens is 1. The van der Waals surface area contributed by atoms with Gasteiger partial charge in [0.25, 0.3) is 0 Å². The van der Waals surface area contributed by atoms with E-state index in [1.54, 1.807) is 23.1 Å². The third-order valence-electron chi connectivity index (χ3n) is 3.28. The lowest BCUT2D eigenvalue weighted by atomic mass is 10.1. The van der Waals surface area contributed by atoms with Crippen molar-refractivity contribution in [2.75, 3.05) is 0 Å². The molecule has 100 valence electrons. The van der Waals surface area contributed by atoms with Crippen molar-refractivity contribution in [3.8, 4) is 0 Å². The van der Waals surface area contributed by atoms with Crippen LogP contribution in [0.1, 0.15) is 29.7 Å². The van der Waals surface area contributed by atoms with Crippen LogP contribution < -0.4 is 5.32 Å². The summed E-state index contributed by atoms with van der Waals surface area (Å²) < 4.78 is 1.13. The molecule has 1 aromatic carbocycles. The monoisotopic (exact) mass is 290 g/mol. The second kappa shape index (κ2) is 5.65. The largest absolute Gasteiger partial charge is 0.310 e. The maximum Gasteiger partial charge on any atom is 0.154 e. The highest BCUT2D eigenvalue weighted by atomic mass is 32.2. The molecular formula is C15H18N2S2. The highest BCUT2D eigenvalue weighted by molar-refractivity contribution is 8.01. The second-order valence-electron chi connectivity index (χ2n) is 5.10. The van der Waals surface area contributed by atoms with Gasteiger partial charge in [0, 0.05) is 28.6 Å². The van der Waals surface area contributed by atoms with Gasteiger partial charge >= 0.3 is 0 Å². The predicted molar refractivity (Wildman–Crippen MR) is 82.0 cm³/mol. The third-order valence-corrected chi connectivity index (χ3v) is 5.32. The molecular weight excluding hydrogens is 272 g/mol. The third kappa shape index (κ3) is 3.59. The SMILES string of the molecule is Cc1csc(Sc2ccc(CNC3CC3)c(C)c2)n1. The van der Waals surface area contributed by atoms with Crippen LogP contribution in [0.2, 0.25) is 0 Å². The van der Waals surface area contributed by atoms with Crippen LogP contribution in [-0.2, 0) is 6.54 Å². The molecule has 1 aliphatic rings. The molecule has 0 aliphatic heterocycles. The van der Waals surface area contributed by atoms with Gasteiger partial charge in [-0.25, -0.2) is 4.98 Å². The summed E-state index contributed by atoms with van der Waals surface area (Å²) in [5, 5.41) is 5.67. The standard InChI is InChI=1S/C15H18N2S2/c1-10-7-14(19-15-17-11(2)9-18-15)6-3-12(10)8-16-13-4-5-13/h3,6-7,9,13,16H,4-5,8H2,1-2H3. The van der Waals surface area contributed by atoms with Gasteiger partial charge in [0.1, 0.15) is 0 Å². The summed E-state index contributed by atoms with van der Waals surface area (Å²) in [6, 6.07) is 7.49. The van der Waals surface area contributed by atoms with E-state index in [1.165, 1.54) is 28.9 Å². The molecule has 0 unspecified atom stereocenters. The Morgan fingerprint density at radius 2 is 2.21 bits per heavy atom. The minimum atomic E-state index is 0.770. The van der Waals surface area contributed by atoms with Crippen LogP contribution in [0.4, 0.5) is 0 Å². The first-order valence-corrected chi connectivity index (χ1v) is 8.33. The van der Waals surface area contributed by atoms with E-state index in [2.05, 4.69) is 40.8 Å². The maximum atomic E-state index is 4.49. The lowest BCUT2D eigenvalue weighted by molar-refractivity contribution is 0.685. The Hall–Kier alpha value is -0.840. The zero-order valence-corrected chi connectivity index (χ0v) is 12.9. The van der Waals surface area contributed by atoms with Crippen LogP contribution in [0.5, 0.6) is 0 Å². The molecule has 0 radical (unpaired) electrons. The average Bonchev–Trinajstić information content (AvgIpc) is 3.12. The molecule has 0 spiro atoms. The van der Waals surface area contributed by atoms with Gasteiger partial charge in [-0.2, -0.15) is 0 Å². The number of rotatable bonds is 5. The maximum absolute atomic E-state index is 4.49. The van der Waals surface area contributed by atoms with E-state index in [-0.39, 0.29) is 0 Å². The summed E-state index contributed by atoms with van der Waals surface area (Å²) in [6.45, 7) is 5.23. The molecule has 1 fully saturated rings. The zero-order chi connectivity index (χ0) is 13.2. The van der Waals surface area contributed by atoms with Crippen LogP contribution in [-0.4, -0.2) is 11.0 Å². The van der Waals surface area contributed by atoms with Crippen molar-refractivity contribution in [2.45, 2.75) is 48.5 Å². The fourth-order valence-corrected chi connectivity index (χ4v) is 3.86. The van der Waals surface area contributed by atoms with E-state index >= 15 is 0 Å². The van der Waals surface area contributed by atoms with E-state index in [0.717, 1.165) is 22.6 Å². The van der Waals surface area contributed by atoms with E-state index in [1.807, 2.05) is 6.92 Å². The molecule has 1 saturated carbocycles. The van der Waals surface area contributed by atoms with E-state index in [0.29, 0.717) is 0 Å². The van der Waals surface area contributed by atoms with Crippen molar-refractivity contribution < 1.29 is 0 Å². The average molecular weight is 290 g/mol. The van der Waals surface area contributed by atoms with Gasteiger partial charge in [0.2, 0.25) is 0 Å². The minimum Gasteiger partial charge on any atom is -0.310 e. The molecule has 0 amide bonds. The van der Waals surface area contributed by atoms with Crippen molar-refractivity contribution in [1.29, 1.82) is 0 Å². The molecule has 3 rings (SSSR count). The quantitative estimate of drug-likeness (QED) is 0.895. The molecule has 1 N–H and O–H groups in total. The summed E-state index contributed by atoms with van der Waals surface area (Å²) in [5.74, 6) is 0. The first-order chi connectivity index (χ1) is 9.20. The zero-order valence-electron chi connectivity index (χ0n) is 11.3. The van der Waals surface area contributed by atoms with E-state index in [9.17, 15) is 0 Å². The Kier molecular flexibility index (Phi) is 3.91. The van der Waals surface area contributed by atoms with Crippen LogP contribution in [0, 0.1) is 13.8 Å². The number of nitrogens with one attached hydrogen (secondary N) is 1. The van der Waals surface area contributed by atoms with Crippen molar-refractivity contribution in [3.63, 3.8) is 0 Å². The van der Waals surface area contributed by atoms with Gasteiger partial charge in [-0.1, -0.05) is 17.8 Å². The Morgan fingerprint density at radius 3 is 2.84 bits per heavy atom. The van der Waals surface area contributed by atoms with Crippen molar-refractivity contribution in [2.24, 2.45) is 0 Å². The predicted octanol–water partition coefficient (Wildman–Crippen LogP) is 4.16. The topological polar surface area (TPSA) is 24.9 Å². The summed E-state index contributed by atoms with van der Waals surface area (Å²) in [6.07, 6.45) is 2.69. The van der Waals surface area contributed by atoms with Gasteiger partial charge in [-0.05, 0) is 49.9 Å². The summed E-state index contributed by atoms with van der Waals surface area (Å²) in [5.41, 5.74) is 3.88. The fourth-order valence-electron chi connectivity index (χ4n) is 1.95. The summed E-state index contributed by atoms with van der Waals surface area (Å²) >= 11 is 3.47. The van der Waals surface area contributed by atoms with Crippen molar-refractivity contribution in [3.05, 3.63) is 40.4 Å². The van der Waals surface area contributed by atoms with Gasteiger partial charge < -0.3 is 5.32 Å². The summed E-state index contributed by atoms with van der Waals surface area (Å²) in [4.78, 5) is 5.77. The second-order valence-corrected chi connectivity index (χ2v) is 7.28.